The van der Waals surface area contributed by atoms with E-state index in [0.29, 0.717) is 12.2 Å². The van der Waals surface area contributed by atoms with E-state index in [2.05, 4.69) is 38.3 Å². The molecule has 0 aliphatic carbocycles. The Morgan fingerprint density at radius 2 is 1.82 bits per heavy atom. The van der Waals surface area contributed by atoms with Crippen LogP contribution in [-0.2, 0) is 0 Å². The largest absolute Gasteiger partial charge is 0.302 e. The Kier molecular flexibility index (Phi) is 6.57. The Hall–Kier alpha value is -0.0800. The standard InChI is InChI=1S/C9H22N2/c1-5-7-10-9(6-2)11-8(3)4/h8-11H,5-7H2,1-4H3. The van der Waals surface area contributed by atoms with Crippen LogP contribution in [0.1, 0.15) is 40.5 Å². The van der Waals surface area contributed by atoms with E-state index in [1.54, 1.807) is 0 Å². The molecule has 1 atom stereocenters. The van der Waals surface area contributed by atoms with Crippen LogP contribution in [-0.4, -0.2) is 18.8 Å². The normalized spacial score (nSPS) is 13.9. The van der Waals surface area contributed by atoms with E-state index in [9.17, 15) is 0 Å². The molecule has 0 aromatic rings. The van der Waals surface area contributed by atoms with Crippen molar-refractivity contribution in [3.05, 3.63) is 0 Å². The molecule has 0 fully saturated rings. The monoisotopic (exact) mass is 158 g/mol. The maximum Gasteiger partial charge on any atom is 0.0570 e. The zero-order chi connectivity index (χ0) is 8.69. The van der Waals surface area contributed by atoms with Gasteiger partial charge in [-0.15, -0.1) is 0 Å². The fraction of sp³-hybridized carbons (Fsp3) is 1.00. The molecule has 0 amide bonds. The highest BCUT2D eigenvalue weighted by molar-refractivity contribution is 4.64. The van der Waals surface area contributed by atoms with Gasteiger partial charge in [0.15, 0.2) is 0 Å². The van der Waals surface area contributed by atoms with E-state index < -0.39 is 0 Å². The Bertz CT molecular complexity index is 81.6. The average Bonchev–Trinajstić information content (AvgIpc) is 1.97. The summed E-state index contributed by atoms with van der Waals surface area (Å²) in [6, 6.07) is 0.573. The van der Waals surface area contributed by atoms with Crippen molar-refractivity contribution in [3.63, 3.8) is 0 Å². The van der Waals surface area contributed by atoms with Gasteiger partial charge >= 0.3 is 0 Å². The minimum atomic E-state index is 0.495. The number of rotatable bonds is 6. The van der Waals surface area contributed by atoms with E-state index in [1.165, 1.54) is 6.42 Å². The molecule has 0 radical (unpaired) electrons. The summed E-state index contributed by atoms with van der Waals surface area (Å²) in [6.45, 7) is 9.85. The third kappa shape index (κ3) is 6.32. The summed E-state index contributed by atoms with van der Waals surface area (Å²) >= 11 is 0. The second-order valence-electron chi connectivity index (χ2n) is 3.24. The first kappa shape index (κ1) is 10.9. The highest BCUT2D eigenvalue weighted by Crippen LogP contribution is 1.89. The van der Waals surface area contributed by atoms with Crippen LogP contribution in [0.5, 0.6) is 0 Å². The molecule has 0 saturated heterocycles. The molecular formula is C9H22N2. The van der Waals surface area contributed by atoms with Gasteiger partial charge in [-0.2, -0.15) is 0 Å². The predicted octanol–water partition coefficient (Wildman–Crippen LogP) is 1.72. The van der Waals surface area contributed by atoms with Crippen molar-refractivity contribution in [2.45, 2.75) is 52.7 Å². The Labute approximate surface area is 70.8 Å². The van der Waals surface area contributed by atoms with Crippen LogP contribution < -0.4 is 10.6 Å². The van der Waals surface area contributed by atoms with Gasteiger partial charge in [0.05, 0.1) is 6.17 Å². The number of hydrogen-bond donors (Lipinski definition) is 2. The van der Waals surface area contributed by atoms with Crippen molar-refractivity contribution in [1.82, 2.24) is 10.6 Å². The molecule has 0 rings (SSSR count). The molecule has 0 spiro atoms. The van der Waals surface area contributed by atoms with Gasteiger partial charge in [-0.1, -0.05) is 13.8 Å². The molecule has 0 aliphatic heterocycles. The lowest BCUT2D eigenvalue weighted by Crippen LogP contribution is -2.45. The third-order valence-corrected chi connectivity index (χ3v) is 1.58. The SMILES string of the molecule is CCCNC(CC)NC(C)C. The zero-order valence-corrected chi connectivity index (χ0v) is 8.28. The van der Waals surface area contributed by atoms with E-state index in [0.717, 1.165) is 13.0 Å². The first-order chi connectivity index (χ1) is 5.20. The van der Waals surface area contributed by atoms with Crippen molar-refractivity contribution in [1.29, 1.82) is 0 Å². The Morgan fingerprint density at radius 1 is 1.18 bits per heavy atom. The van der Waals surface area contributed by atoms with Crippen LogP contribution in [0.25, 0.3) is 0 Å². The molecule has 0 bridgehead atoms. The maximum atomic E-state index is 3.45. The van der Waals surface area contributed by atoms with Gasteiger partial charge in [0.2, 0.25) is 0 Å². The molecule has 68 valence electrons. The van der Waals surface area contributed by atoms with Crippen LogP contribution >= 0.6 is 0 Å². The first-order valence-electron chi connectivity index (χ1n) is 4.70. The van der Waals surface area contributed by atoms with Gasteiger partial charge in [-0.25, -0.2) is 0 Å². The van der Waals surface area contributed by atoms with E-state index in [4.69, 9.17) is 0 Å². The quantitative estimate of drug-likeness (QED) is 0.575. The lowest BCUT2D eigenvalue weighted by Gasteiger charge is -2.20. The van der Waals surface area contributed by atoms with Crippen molar-refractivity contribution in [2.24, 2.45) is 0 Å². The third-order valence-electron chi connectivity index (χ3n) is 1.58. The molecule has 0 heterocycles. The molecule has 0 saturated carbocycles. The molecule has 2 heteroatoms. The van der Waals surface area contributed by atoms with Crippen molar-refractivity contribution >= 4 is 0 Å². The average molecular weight is 158 g/mol. The lowest BCUT2D eigenvalue weighted by molar-refractivity contribution is 0.383. The molecule has 1 unspecified atom stereocenters. The zero-order valence-electron chi connectivity index (χ0n) is 8.28. The van der Waals surface area contributed by atoms with E-state index in [-0.39, 0.29) is 0 Å². The topological polar surface area (TPSA) is 24.1 Å². The second kappa shape index (κ2) is 6.62. The highest BCUT2D eigenvalue weighted by Gasteiger charge is 2.03. The summed E-state index contributed by atoms with van der Waals surface area (Å²) < 4.78 is 0. The molecule has 0 aromatic heterocycles. The van der Waals surface area contributed by atoms with Crippen LogP contribution in [0.3, 0.4) is 0 Å². The first-order valence-corrected chi connectivity index (χ1v) is 4.70. The smallest absolute Gasteiger partial charge is 0.0570 e. The van der Waals surface area contributed by atoms with Crippen LogP contribution in [0.4, 0.5) is 0 Å². The lowest BCUT2D eigenvalue weighted by atomic mass is 10.3. The van der Waals surface area contributed by atoms with Crippen LogP contribution in [0.15, 0.2) is 0 Å². The van der Waals surface area contributed by atoms with Gasteiger partial charge in [0.25, 0.3) is 0 Å². The Morgan fingerprint density at radius 3 is 2.18 bits per heavy atom. The van der Waals surface area contributed by atoms with E-state index >= 15 is 0 Å². The fourth-order valence-corrected chi connectivity index (χ4v) is 1.04. The van der Waals surface area contributed by atoms with Crippen molar-refractivity contribution < 1.29 is 0 Å². The maximum absolute atomic E-state index is 3.45. The molecule has 2 N–H and O–H groups in total. The summed E-state index contributed by atoms with van der Waals surface area (Å²) in [4.78, 5) is 0. The molecule has 0 aliphatic rings. The summed E-state index contributed by atoms with van der Waals surface area (Å²) in [5.74, 6) is 0. The minimum absolute atomic E-state index is 0.495. The van der Waals surface area contributed by atoms with Gasteiger partial charge in [0, 0.05) is 6.04 Å². The molecule has 0 aromatic carbocycles. The van der Waals surface area contributed by atoms with E-state index in [1.807, 2.05) is 0 Å². The molecular weight excluding hydrogens is 136 g/mol. The Balaban J connectivity index is 3.41. The highest BCUT2D eigenvalue weighted by atomic mass is 15.1. The van der Waals surface area contributed by atoms with Crippen molar-refractivity contribution in [2.75, 3.05) is 6.54 Å². The summed E-state index contributed by atoms with van der Waals surface area (Å²) in [5, 5.41) is 6.89. The number of nitrogens with one attached hydrogen (secondary N) is 2. The van der Waals surface area contributed by atoms with Gasteiger partial charge in [0.1, 0.15) is 0 Å². The fourth-order valence-electron chi connectivity index (χ4n) is 1.04. The van der Waals surface area contributed by atoms with Crippen LogP contribution in [0.2, 0.25) is 0 Å². The number of hydrogen-bond acceptors (Lipinski definition) is 2. The molecule has 11 heavy (non-hydrogen) atoms. The predicted molar refractivity (Wildman–Crippen MR) is 50.6 cm³/mol. The van der Waals surface area contributed by atoms with Gasteiger partial charge in [-0.3, -0.25) is 5.32 Å². The summed E-state index contributed by atoms with van der Waals surface area (Å²) in [6.07, 6.45) is 2.85. The van der Waals surface area contributed by atoms with Crippen LogP contribution in [0, 0.1) is 0 Å². The van der Waals surface area contributed by atoms with Gasteiger partial charge in [-0.05, 0) is 33.2 Å². The molecule has 2 nitrogen and oxygen atoms in total. The second-order valence-corrected chi connectivity index (χ2v) is 3.24. The minimum Gasteiger partial charge on any atom is -0.302 e. The summed E-state index contributed by atoms with van der Waals surface area (Å²) in [7, 11) is 0. The summed E-state index contributed by atoms with van der Waals surface area (Å²) in [5.41, 5.74) is 0. The van der Waals surface area contributed by atoms with Gasteiger partial charge < -0.3 is 5.32 Å². The van der Waals surface area contributed by atoms with Crippen molar-refractivity contribution in [3.8, 4) is 0 Å².